The summed E-state index contributed by atoms with van der Waals surface area (Å²) in [6.45, 7) is 4.94. The molecule has 1 unspecified atom stereocenters. The van der Waals surface area contributed by atoms with Crippen LogP contribution in [0.5, 0.6) is 0 Å². The van der Waals surface area contributed by atoms with Gasteiger partial charge in [-0.25, -0.2) is 8.42 Å². The molecule has 1 heterocycles. The van der Waals surface area contributed by atoms with E-state index in [4.69, 9.17) is 12.2 Å². The molecule has 0 aromatic rings. The number of rotatable bonds is 3. The molecule has 0 aromatic heterocycles. The molecule has 1 aliphatic heterocycles. The first-order valence-corrected chi connectivity index (χ1v) is 6.97. The van der Waals surface area contributed by atoms with Crippen molar-refractivity contribution in [1.29, 1.82) is 0 Å². The molecule has 0 aliphatic carbocycles. The van der Waals surface area contributed by atoms with Gasteiger partial charge in [0.15, 0.2) is 14.9 Å². The average Bonchev–Trinajstić information content (AvgIpc) is 2.42. The molecule has 0 radical (unpaired) electrons. The molecule has 0 aromatic carbocycles. The summed E-state index contributed by atoms with van der Waals surface area (Å²) in [6.07, 6.45) is 1.62. The molecular weight excluding hydrogens is 232 g/mol. The minimum atomic E-state index is -3.00. The van der Waals surface area contributed by atoms with E-state index < -0.39 is 9.84 Å². The van der Waals surface area contributed by atoms with Gasteiger partial charge < -0.3 is 10.6 Å². The molecule has 1 atom stereocenters. The van der Waals surface area contributed by atoms with Crippen LogP contribution in [0.25, 0.3) is 0 Å². The van der Waals surface area contributed by atoms with Gasteiger partial charge in [-0.05, 0) is 24.2 Å². The Bertz CT molecular complexity index is 360. The third-order valence-corrected chi connectivity index (χ3v) is 3.58. The van der Waals surface area contributed by atoms with Crippen LogP contribution in [0.15, 0.2) is 11.5 Å². The SMILES string of the molecule is CC(C)CNC(=S)NC1C=CS(=O)(=O)C1. The van der Waals surface area contributed by atoms with Gasteiger partial charge in [-0.2, -0.15) is 0 Å². The van der Waals surface area contributed by atoms with Gasteiger partial charge in [0.25, 0.3) is 0 Å². The molecule has 6 heteroatoms. The minimum Gasteiger partial charge on any atom is -0.362 e. The largest absolute Gasteiger partial charge is 0.362 e. The fraction of sp³-hybridized carbons (Fsp3) is 0.667. The van der Waals surface area contributed by atoms with E-state index >= 15 is 0 Å². The zero-order chi connectivity index (χ0) is 11.5. The van der Waals surface area contributed by atoms with E-state index in [0.29, 0.717) is 11.0 Å². The fourth-order valence-electron chi connectivity index (χ4n) is 1.18. The second kappa shape index (κ2) is 4.94. The Labute approximate surface area is 96.0 Å². The maximum Gasteiger partial charge on any atom is 0.173 e. The van der Waals surface area contributed by atoms with Crippen LogP contribution in [0.2, 0.25) is 0 Å². The predicted octanol–water partition coefficient (Wildman–Crippen LogP) is 0.417. The van der Waals surface area contributed by atoms with Gasteiger partial charge in [-0.1, -0.05) is 13.8 Å². The zero-order valence-electron chi connectivity index (χ0n) is 8.86. The van der Waals surface area contributed by atoms with Crippen molar-refractivity contribution in [2.24, 2.45) is 5.92 Å². The monoisotopic (exact) mass is 248 g/mol. The highest BCUT2D eigenvalue weighted by Gasteiger charge is 2.21. The molecule has 0 saturated carbocycles. The first-order chi connectivity index (χ1) is 6.89. The summed E-state index contributed by atoms with van der Waals surface area (Å²) in [4.78, 5) is 0. The molecule has 0 amide bonds. The van der Waals surface area contributed by atoms with Crippen LogP contribution in [0, 0.1) is 5.92 Å². The Morgan fingerprint density at radius 3 is 2.73 bits per heavy atom. The zero-order valence-corrected chi connectivity index (χ0v) is 10.5. The standard InChI is InChI=1S/C9H16N2O2S2/c1-7(2)5-10-9(14)11-8-3-4-15(12,13)6-8/h3-4,7-8H,5-6H2,1-2H3,(H2,10,11,14). The summed E-state index contributed by atoms with van der Waals surface area (Å²) >= 11 is 5.03. The van der Waals surface area contributed by atoms with Crippen LogP contribution < -0.4 is 10.6 Å². The van der Waals surface area contributed by atoms with Gasteiger partial charge >= 0.3 is 0 Å². The van der Waals surface area contributed by atoms with E-state index in [9.17, 15) is 8.42 Å². The van der Waals surface area contributed by atoms with Crippen molar-refractivity contribution >= 4 is 27.2 Å². The number of hydrogen-bond donors (Lipinski definition) is 2. The van der Waals surface area contributed by atoms with Crippen molar-refractivity contribution in [3.8, 4) is 0 Å². The molecule has 1 rings (SSSR count). The Morgan fingerprint density at radius 2 is 2.27 bits per heavy atom. The van der Waals surface area contributed by atoms with Gasteiger partial charge in [0.05, 0.1) is 11.8 Å². The van der Waals surface area contributed by atoms with Crippen LogP contribution in [0.4, 0.5) is 0 Å². The highest BCUT2D eigenvalue weighted by atomic mass is 32.2. The number of thiocarbonyl (C=S) groups is 1. The summed E-state index contributed by atoms with van der Waals surface area (Å²) in [7, 11) is -3.00. The normalized spacial score (nSPS) is 23.0. The summed E-state index contributed by atoms with van der Waals surface area (Å²) in [5.74, 6) is 0.601. The van der Waals surface area contributed by atoms with Crippen LogP contribution >= 0.6 is 12.2 Å². The lowest BCUT2D eigenvalue weighted by Gasteiger charge is -2.15. The van der Waals surface area contributed by atoms with Crippen molar-refractivity contribution in [3.05, 3.63) is 11.5 Å². The molecule has 4 nitrogen and oxygen atoms in total. The highest BCUT2D eigenvalue weighted by molar-refractivity contribution is 7.94. The minimum absolute atomic E-state index is 0.0937. The molecule has 0 bridgehead atoms. The Kier molecular flexibility index (Phi) is 4.10. The topological polar surface area (TPSA) is 58.2 Å². The molecule has 15 heavy (non-hydrogen) atoms. The van der Waals surface area contributed by atoms with Crippen molar-refractivity contribution in [2.45, 2.75) is 19.9 Å². The first kappa shape index (κ1) is 12.4. The number of nitrogens with one attached hydrogen (secondary N) is 2. The number of sulfone groups is 1. The van der Waals surface area contributed by atoms with Gasteiger partial charge in [0, 0.05) is 12.0 Å². The highest BCUT2D eigenvalue weighted by Crippen LogP contribution is 2.07. The van der Waals surface area contributed by atoms with Crippen molar-refractivity contribution in [3.63, 3.8) is 0 Å². The van der Waals surface area contributed by atoms with Crippen LogP contribution in [-0.4, -0.2) is 31.9 Å². The second-order valence-corrected chi connectivity index (χ2v) is 6.35. The van der Waals surface area contributed by atoms with E-state index in [2.05, 4.69) is 24.5 Å². The van der Waals surface area contributed by atoms with Crippen LogP contribution in [-0.2, 0) is 9.84 Å². The summed E-state index contributed by atoms with van der Waals surface area (Å²) < 4.78 is 22.2. The third-order valence-electron chi connectivity index (χ3n) is 1.92. The second-order valence-electron chi connectivity index (χ2n) is 4.01. The van der Waals surface area contributed by atoms with E-state index in [-0.39, 0.29) is 11.8 Å². The van der Waals surface area contributed by atoms with Crippen LogP contribution in [0.3, 0.4) is 0 Å². The molecular formula is C9H16N2O2S2. The van der Waals surface area contributed by atoms with Crippen molar-refractivity contribution < 1.29 is 8.42 Å². The van der Waals surface area contributed by atoms with E-state index in [1.807, 2.05) is 0 Å². The van der Waals surface area contributed by atoms with Crippen LogP contribution in [0.1, 0.15) is 13.8 Å². The Morgan fingerprint density at radius 1 is 1.60 bits per heavy atom. The third kappa shape index (κ3) is 4.61. The maximum absolute atomic E-state index is 11.1. The summed E-state index contributed by atoms with van der Waals surface area (Å²) in [6, 6.07) is -0.192. The summed E-state index contributed by atoms with van der Waals surface area (Å²) in [5, 5.41) is 7.71. The van der Waals surface area contributed by atoms with Crippen molar-refractivity contribution in [1.82, 2.24) is 10.6 Å². The van der Waals surface area contributed by atoms with E-state index in [1.54, 1.807) is 6.08 Å². The summed E-state index contributed by atoms with van der Waals surface area (Å²) in [5.41, 5.74) is 0. The van der Waals surface area contributed by atoms with Gasteiger partial charge in [-0.15, -0.1) is 0 Å². The smallest absolute Gasteiger partial charge is 0.173 e. The Balaban J connectivity index is 2.32. The molecule has 0 saturated heterocycles. The number of hydrogen-bond acceptors (Lipinski definition) is 3. The lowest BCUT2D eigenvalue weighted by molar-refractivity contribution is 0.599. The van der Waals surface area contributed by atoms with Gasteiger partial charge in [0.2, 0.25) is 0 Å². The predicted molar refractivity (Wildman–Crippen MR) is 65.3 cm³/mol. The lowest BCUT2D eigenvalue weighted by Crippen LogP contribution is -2.43. The molecule has 1 aliphatic rings. The van der Waals surface area contributed by atoms with E-state index in [1.165, 1.54) is 5.41 Å². The molecule has 0 spiro atoms. The Hall–Kier alpha value is -0.620. The molecule has 0 fully saturated rings. The fourth-order valence-corrected chi connectivity index (χ4v) is 2.65. The van der Waals surface area contributed by atoms with E-state index in [0.717, 1.165) is 6.54 Å². The lowest BCUT2D eigenvalue weighted by atomic mass is 10.2. The van der Waals surface area contributed by atoms with Gasteiger partial charge in [-0.3, -0.25) is 0 Å². The maximum atomic E-state index is 11.1. The molecule has 2 N–H and O–H groups in total. The molecule has 86 valence electrons. The van der Waals surface area contributed by atoms with Gasteiger partial charge in [0.1, 0.15) is 0 Å². The quantitative estimate of drug-likeness (QED) is 0.709. The first-order valence-electron chi connectivity index (χ1n) is 4.84. The van der Waals surface area contributed by atoms with Crippen molar-refractivity contribution in [2.75, 3.05) is 12.3 Å². The average molecular weight is 248 g/mol.